The summed E-state index contributed by atoms with van der Waals surface area (Å²) in [5, 5.41) is 4.00. The molecule has 1 aliphatic carbocycles. The number of aryl methyl sites for hydroxylation is 3. The van der Waals surface area contributed by atoms with Gasteiger partial charge in [0.2, 0.25) is 15.9 Å². The van der Waals surface area contributed by atoms with Crippen LogP contribution in [0.2, 0.25) is 0 Å². The van der Waals surface area contributed by atoms with Crippen molar-refractivity contribution < 1.29 is 13.2 Å². The zero-order valence-electron chi connectivity index (χ0n) is 15.2. The van der Waals surface area contributed by atoms with Crippen molar-refractivity contribution in [2.24, 2.45) is 0 Å². The summed E-state index contributed by atoms with van der Waals surface area (Å²) in [5.41, 5.74) is 1.27. The lowest BCUT2D eigenvalue weighted by Crippen LogP contribution is -2.31. The van der Waals surface area contributed by atoms with Crippen LogP contribution in [0.25, 0.3) is 0 Å². The van der Waals surface area contributed by atoms with Gasteiger partial charge in [0.25, 0.3) is 0 Å². The number of thiazole rings is 1. The summed E-state index contributed by atoms with van der Waals surface area (Å²) in [6.45, 7) is 0.663. The number of hydrogen-bond acceptors (Lipinski definition) is 5. The van der Waals surface area contributed by atoms with Gasteiger partial charge in [0.1, 0.15) is 0 Å². The molecule has 146 valence electrons. The number of fused-ring (bicyclic) bond motifs is 1. The minimum atomic E-state index is -3.56. The Balaban J connectivity index is 1.32. The minimum absolute atomic E-state index is 0.0856. The maximum absolute atomic E-state index is 12.1. The fourth-order valence-electron chi connectivity index (χ4n) is 3.05. The van der Waals surface area contributed by atoms with Crippen LogP contribution in [-0.2, 0) is 34.1 Å². The lowest BCUT2D eigenvalue weighted by molar-refractivity contribution is -0.120. The number of rotatable bonds is 9. The summed E-state index contributed by atoms with van der Waals surface area (Å²) in [6, 6.07) is 8.14. The quantitative estimate of drug-likeness (QED) is 0.625. The van der Waals surface area contributed by atoms with Crippen molar-refractivity contribution in [3.8, 4) is 0 Å². The lowest BCUT2D eigenvalue weighted by Gasteiger charge is -2.07. The molecule has 0 unspecified atom stereocenters. The molecule has 2 N–H and O–H groups in total. The lowest BCUT2D eigenvalue weighted by atomic mass is 10.0. The Morgan fingerprint density at radius 1 is 1.11 bits per heavy atom. The molecule has 0 aliphatic heterocycles. The standard InChI is InChI=1S/C19H25N3O3S2/c23-18(12-14-21-27(24,25)15-7-2-1-3-8-15)20-13-6-11-19-22-16-9-4-5-10-17(16)26-19/h1-3,7-8,21H,4-6,9-14H2,(H,20,23). The normalized spacial score (nSPS) is 13.9. The van der Waals surface area contributed by atoms with Crippen molar-refractivity contribution in [1.82, 2.24) is 15.0 Å². The van der Waals surface area contributed by atoms with E-state index in [2.05, 4.69) is 10.0 Å². The van der Waals surface area contributed by atoms with Crippen LogP contribution in [0.5, 0.6) is 0 Å². The largest absolute Gasteiger partial charge is 0.356 e. The molecule has 1 aromatic heterocycles. The predicted octanol–water partition coefficient (Wildman–Crippen LogP) is 2.44. The van der Waals surface area contributed by atoms with Gasteiger partial charge in [-0.3, -0.25) is 4.79 Å². The molecule has 1 aliphatic rings. The first-order valence-corrected chi connectivity index (χ1v) is 11.6. The van der Waals surface area contributed by atoms with E-state index in [4.69, 9.17) is 4.98 Å². The molecular formula is C19H25N3O3S2. The maximum atomic E-state index is 12.1. The van der Waals surface area contributed by atoms with Gasteiger partial charge in [-0.1, -0.05) is 18.2 Å². The topological polar surface area (TPSA) is 88.2 Å². The fourth-order valence-corrected chi connectivity index (χ4v) is 5.30. The molecular weight excluding hydrogens is 382 g/mol. The minimum Gasteiger partial charge on any atom is -0.356 e. The number of aromatic nitrogens is 1. The van der Waals surface area contributed by atoms with E-state index in [1.165, 1.54) is 35.5 Å². The summed E-state index contributed by atoms with van der Waals surface area (Å²) in [4.78, 5) is 18.2. The van der Waals surface area contributed by atoms with E-state index in [0.717, 1.165) is 30.7 Å². The van der Waals surface area contributed by atoms with Gasteiger partial charge in [-0.05, 0) is 44.2 Å². The highest BCUT2D eigenvalue weighted by Gasteiger charge is 2.15. The third-order valence-electron chi connectivity index (χ3n) is 4.48. The van der Waals surface area contributed by atoms with Crippen LogP contribution in [0.4, 0.5) is 0 Å². The molecule has 0 saturated carbocycles. The molecule has 2 aromatic rings. The van der Waals surface area contributed by atoms with E-state index in [1.54, 1.807) is 18.2 Å². The first kappa shape index (κ1) is 20.0. The van der Waals surface area contributed by atoms with Crippen molar-refractivity contribution in [2.45, 2.75) is 49.8 Å². The van der Waals surface area contributed by atoms with E-state index < -0.39 is 10.0 Å². The van der Waals surface area contributed by atoms with E-state index in [-0.39, 0.29) is 23.8 Å². The number of sulfonamides is 1. The second kappa shape index (κ2) is 9.43. The molecule has 0 spiro atoms. The molecule has 1 heterocycles. The van der Waals surface area contributed by atoms with Crippen LogP contribution >= 0.6 is 11.3 Å². The number of hydrogen-bond donors (Lipinski definition) is 2. The van der Waals surface area contributed by atoms with Gasteiger partial charge in [-0.2, -0.15) is 0 Å². The average molecular weight is 408 g/mol. The molecule has 27 heavy (non-hydrogen) atoms. The van der Waals surface area contributed by atoms with E-state index in [1.807, 2.05) is 11.3 Å². The number of carbonyl (C=O) groups excluding carboxylic acids is 1. The second-order valence-electron chi connectivity index (χ2n) is 6.60. The Morgan fingerprint density at radius 3 is 2.67 bits per heavy atom. The first-order chi connectivity index (χ1) is 13.0. The van der Waals surface area contributed by atoms with Gasteiger partial charge in [0.15, 0.2) is 0 Å². The molecule has 0 bridgehead atoms. The first-order valence-electron chi connectivity index (χ1n) is 9.33. The van der Waals surface area contributed by atoms with Gasteiger partial charge in [0.05, 0.1) is 15.6 Å². The second-order valence-corrected chi connectivity index (χ2v) is 9.53. The van der Waals surface area contributed by atoms with Crippen molar-refractivity contribution in [3.05, 3.63) is 45.9 Å². The molecule has 1 amide bonds. The average Bonchev–Trinajstić information content (AvgIpc) is 3.09. The van der Waals surface area contributed by atoms with Gasteiger partial charge in [-0.15, -0.1) is 11.3 Å². The Morgan fingerprint density at radius 2 is 1.89 bits per heavy atom. The maximum Gasteiger partial charge on any atom is 0.240 e. The third-order valence-corrected chi connectivity index (χ3v) is 7.17. The predicted molar refractivity (Wildman–Crippen MR) is 106 cm³/mol. The summed E-state index contributed by atoms with van der Waals surface area (Å²) in [5.74, 6) is -0.149. The molecule has 0 saturated heterocycles. The Kier molecular flexibility index (Phi) is 6.98. The van der Waals surface area contributed by atoms with E-state index >= 15 is 0 Å². The fraction of sp³-hybridized carbons (Fsp3) is 0.474. The van der Waals surface area contributed by atoms with Crippen LogP contribution in [0.15, 0.2) is 35.2 Å². The highest BCUT2D eigenvalue weighted by Crippen LogP contribution is 2.27. The summed E-state index contributed by atoms with van der Waals surface area (Å²) in [7, 11) is -3.56. The van der Waals surface area contributed by atoms with Gasteiger partial charge < -0.3 is 5.32 Å². The molecule has 3 rings (SSSR count). The SMILES string of the molecule is O=C(CCNS(=O)(=O)c1ccccc1)NCCCc1nc2c(s1)CCCC2. The zero-order valence-corrected chi connectivity index (χ0v) is 16.9. The molecule has 0 fully saturated rings. The summed E-state index contributed by atoms with van der Waals surface area (Å²) >= 11 is 1.81. The smallest absolute Gasteiger partial charge is 0.240 e. The van der Waals surface area contributed by atoms with Crippen LogP contribution in [0, 0.1) is 0 Å². The van der Waals surface area contributed by atoms with Crippen molar-refractivity contribution >= 4 is 27.3 Å². The van der Waals surface area contributed by atoms with Gasteiger partial charge >= 0.3 is 0 Å². The molecule has 6 nitrogen and oxygen atoms in total. The Labute approximate surface area is 164 Å². The number of carbonyl (C=O) groups is 1. The van der Waals surface area contributed by atoms with Crippen LogP contribution in [0.3, 0.4) is 0 Å². The Hall–Kier alpha value is -1.77. The Bertz CT molecular complexity index is 840. The van der Waals surface area contributed by atoms with E-state index in [9.17, 15) is 13.2 Å². The number of nitrogens with one attached hydrogen (secondary N) is 2. The van der Waals surface area contributed by atoms with Crippen LogP contribution < -0.4 is 10.0 Å². The van der Waals surface area contributed by atoms with Gasteiger partial charge in [-0.25, -0.2) is 18.1 Å². The van der Waals surface area contributed by atoms with Crippen LogP contribution in [-0.4, -0.2) is 32.4 Å². The van der Waals surface area contributed by atoms with Gasteiger partial charge in [0, 0.05) is 30.8 Å². The summed E-state index contributed by atoms with van der Waals surface area (Å²) in [6.07, 6.45) is 6.59. The monoisotopic (exact) mass is 407 g/mol. The third kappa shape index (κ3) is 5.85. The number of benzene rings is 1. The highest BCUT2D eigenvalue weighted by atomic mass is 32.2. The summed E-state index contributed by atoms with van der Waals surface area (Å²) < 4.78 is 26.6. The zero-order chi connectivity index (χ0) is 19.1. The molecule has 8 heteroatoms. The van der Waals surface area contributed by atoms with Crippen molar-refractivity contribution in [2.75, 3.05) is 13.1 Å². The molecule has 1 aromatic carbocycles. The number of amides is 1. The van der Waals surface area contributed by atoms with E-state index in [0.29, 0.717) is 6.54 Å². The number of nitrogens with zero attached hydrogens (tertiary/aromatic N) is 1. The van der Waals surface area contributed by atoms with Crippen molar-refractivity contribution in [3.63, 3.8) is 0 Å². The van der Waals surface area contributed by atoms with Crippen molar-refractivity contribution in [1.29, 1.82) is 0 Å². The molecule has 0 atom stereocenters. The van der Waals surface area contributed by atoms with Crippen LogP contribution in [0.1, 0.15) is 41.3 Å². The highest BCUT2D eigenvalue weighted by molar-refractivity contribution is 7.89. The molecule has 0 radical (unpaired) electrons.